The van der Waals surface area contributed by atoms with Gasteiger partial charge < -0.3 is 9.64 Å². The van der Waals surface area contributed by atoms with Crippen molar-refractivity contribution < 1.29 is 9.53 Å². The lowest BCUT2D eigenvalue weighted by Gasteiger charge is -2.51. The number of hydrogen-bond donors (Lipinski definition) is 0. The fourth-order valence-electron chi connectivity index (χ4n) is 3.01. The summed E-state index contributed by atoms with van der Waals surface area (Å²) in [6.07, 6.45) is 4.98. The van der Waals surface area contributed by atoms with Crippen LogP contribution < -0.4 is 0 Å². The maximum absolute atomic E-state index is 10.7. The number of likely N-dealkylation sites (tertiary alicyclic amines) is 1. The molecular weight excluding hydrogens is 202 g/mol. The molecule has 1 heterocycles. The minimum absolute atomic E-state index is 0.131. The number of nitrogens with zero attached hydrogens (tertiary/aromatic N) is 1. The van der Waals surface area contributed by atoms with Crippen molar-refractivity contribution in [3.63, 3.8) is 0 Å². The Hall–Kier alpha value is -0.570. The molecule has 3 nitrogen and oxygen atoms in total. The van der Waals surface area contributed by atoms with Crippen LogP contribution in [0.25, 0.3) is 0 Å². The molecule has 1 saturated carbocycles. The third-order valence-electron chi connectivity index (χ3n) is 3.51. The van der Waals surface area contributed by atoms with Crippen molar-refractivity contribution in [1.29, 1.82) is 0 Å². The Bertz CT molecular complexity index is 234. The molecule has 0 aromatic carbocycles. The Morgan fingerprint density at radius 2 is 2.00 bits per heavy atom. The first-order valence-electron chi connectivity index (χ1n) is 6.45. The lowest BCUT2D eigenvalue weighted by Crippen LogP contribution is -2.52. The Balaban J connectivity index is 0.000000606. The van der Waals surface area contributed by atoms with Gasteiger partial charge in [-0.15, -0.1) is 0 Å². The molecule has 0 aromatic heterocycles. The Morgan fingerprint density at radius 1 is 1.38 bits per heavy atom. The lowest BCUT2D eigenvalue weighted by atomic mass is 9.62. The molecule has 0 amide bonds. The van der Waals surface area contributed by atoms with E-state index in [4.69, 9.17) is 4.74 Å². The molecule has 0 unspecified atom stereocenters. The zero-order chi connectivity index (χ0) is 12.2. The quantitative estimate of drug-likeness (QED) is 0.644. The number of piperidine rings is 1. The smallest absolute Gasteiger partial charge is 0.302 e. The number of hydrogen-bond acceptors (Lipinski definition) is 3. The van der Waals surface area contributed by atoms with E-state index in [0.29, 0.717) is 5.41 Å². The average Bonchev–Trinajstić information content (AvgIpc) is 2.18. The molecule has 1 saturated heterocycles. The maximum atomic E-state index is 10.7. The van der Waals surface area contributed by atoms with Crippen LogP contribution in [0.4, 0.5) is 0 Å². The van der Waals surface area contributed by atoms with Gasteiger partial charge in [-0.2, -0.15) is 0 Å². The summed E-state index contributed by atoms with van der Waals surface area (Å²) in [6, 6.07) is 0. The molecule has 2 rings (SSSR count). The van der Waals surface area contributed by atoms with E-state index in [9.17, 15) is 4.79 Å². The van der Waals surface area contributed by atoms with Gasteiger partial charge in [-0.1, -0.05) is 13.8 Å². The van der Waals surface area contributed by atoms with Gasteiger partial charge in [-0.05, 0) is 44.7 Å². The second-order valence-corrected chi connectivity index (χ2v) is 4.98. The van der Waals surface area contributed by atoms with Crippen molar-refractivity contribution in [3.8, 4) is 0 Å². The van der Waals surface area contributed by atoms with Gasteiger partial charge in [0.2, 0.25) is 0 Å². The molecule has 1 spiro atoms. The molecule has 0 aromatic rings. The second kappa shape index (κ2) is 5.67. The molecule has 3 heteroatoms. The summed E-state index contributed by atoms with van der Waals surface area (Å²) in [5.74, 6) is -0.131. The predicted molar refractivity (Wildman–Crippen MR) is 65.3 cm³/mol. The molecule has 2 fully saturated rings. The highest BCUT2D eigenvalue weighted by atomic mass is 16.5. The minimum atomic E-state index is -0.131. The third kappa shape index (κ3) is 3.21. The van der Waals surface area contributed by atoms with E-state index in [0.717, 1.165) is 12.8 Å². The number of rotatable bonds is 1. The van der Waals surface area contributed by atoms with E-state index >= 15 is 0 Å². The Kier molecular flexibility index (Phi) is 4.78. The molecule has 0 atom stereocenters. The summed E-state index contributed by atoms with van der Waals surface area (Å²) >= 11 is 0. The summed E-state index contributed by atoms with van der Waals surface area (Å²) in [7, 11) is 2.18. The second-order valence-electron chi connectivity index (χ2n) is 4.98. The van der Waals surface area contributed by atoms with E-state index in [2.05, 4.69) is 11.9 Å². The summed E-state index contributed by atoms with van der Waals surface area (Å²) in [5.41, 5.74) is 0.479. The SMILES string of the molecule is CC.CC(=O)OC1CC2(CCCN(C)C2)C1. The van der Waals surface area contributed by atoms with Crippen LogP contribution >= 0.6 is 0 Å². The lowest BCUT2D eigenvalue weighted by molar-refractivity contribution is -0.162. The van der Waals surface area contributed by atoms with Gasteiger partial charge >= 0.3 is 5.97 Å². The van der Waals surface area contributed by atoms with Crippen LogP contribution in [0.3, 0.4) is 0 Å². The van der Waals surface area contributed by atoms with Crippen LogP contribution in [-0.4, -0.2) is 37.1 Å². The van der Waals surface area contributed by atoms with Crippen molar-refractivity contribution in [3.05, 3.63) is 0 Å². The fraction of sp³-hybridized carbons (Fsp3) is 0.923. The first-order chi connectivity index (χ1) is 7.60. The molecule has 0 N–H and O–H groups in total. The van der Waals surface area contributed by atoms with E-state index in [1.165, 1.54) is 32.9 Å². The monoisotopic (exact) mass is 227 g/mol. The maximum Gasteiger partial charge on any atom is 0.302 e. The number of ether oxygens (including phenoxy) is 1. The highest BCUT2D eigenvalue weighted by Gasteiger charge is 2.47. The van der Waals surface area contributed by atoms with Crippen LogP contribution in [0.5, 0.6) is 0 Å². The number of esters is 1. The summed E-state index contributed by atoms with van der Waals surface area (Å²) < 4.78 is 5.19. The van der Waals surface area contributed by atoms with E-state index in [-0.39, 0.29) is 12.1 Å². The van der Waals surface area contributed by atoms with E-state index in [1.807, 2.05) is 13.8 Å². The normalized spacial score (nSPS) is 33.6. The molecule has 0 radical (unpaired) electrons. The first kappa shape index (κ1) is 13.5. The van der Waals surface area contributed by atoms with E-state index < -0.39 is 0 Å². The van der Waals surface area contributed by atoms with Crippen LogP contribution in [0.1, 0.15) is 46.5 Å². The van der Waals surface area contributed by atoms with E-state index in [1.54, 1.807) is 0 Å². The largest absolute Gasteiger partial charge is 0.463 e. The van der Waals surface area contributed by atoms with Crippen molar-refractivity contribution in [2.24, 2.45) is 5.41 Å². The summed E-state index contributed by atoms with van der Waals surface area (Å²) in [6.45, 7) is 7.91. The van der Waals surface area contributed by atoms with Crippen LogP contribution in [0.15, 0.2) is 0 Å². The average molecular weight is 227 g/mol. The topological polar surface area (TPSA) is 29.5 Å². The van der Waals surface area contributed by atoms with Gasteiger partial charge in [0.25, 0.3) is 0 Å². The third-order valence-corrected chi connectivity index (χ3v) is 3.51. The van der Waals surface area contributed by atoms with Crippen LogP contribution in [0.2, 0.25) is 0 Å². The van der Waals surface area contributed by atoms with Crippen molar-refractivity contribution >= 4 is 5.97 Å². The fourth-order valence-corrected chi connectivity index (χ4v) is 3.01. The molecule has 2 aliphatic rings. The highest BCUT2D eigenvalue weighted by Crippen LogP contribution is 2.48. The number of carbonyl (C=O) groups excluding carboxylic acids is 1. The van der Waals surface area contributed by atoms with Crippen molar-refractivity contribution in [2.45, 2.75) is 52.6 Å². The van der Waals surface area contributed by atoms with Gasteiger partial charge in [0, 0.05) is 13.5 Å². The van der Waals surface area contributed by atoms with Gasteiger partial charge in [0.05, 0.1) is 0 Å². The first-order valence-corrected chi connectivity index (χ1v) is 6.45. The van der Waals surface area contributed by atoms with Gasteiger partial charge in [-0.25, -0.2) is 0 Å². The van der Waals surface area contributed by atoms with Crippen LogP contribution in [0, 0.1) is 5.41 Å². The molecule has 1 aliphatic carbocycles. The highest BCUT2D eigenvalue weighted by molar-refractivity contribution is 5.66. The van der Waals surface area contributed by atoms with Gasteiger partial charge in [0.1, 0.15) is 6.10 Å². The van der Waals surface area contributed by atoms with Crippen molar-refractivity contribution in [2.75, 3.05) is 20.1 Å². The molecule has 0 bridgehead atoms. The number of carbonyl (C=O) groups is 1. The van der Waals surface area contributed by atoms with Gasteiger partial charge in [0.15, 0.2) is 0 Å². The zero-order valence-corrected chi connectivity index (χ0v) is 11.1. The molecule has 16 heavy (non-hydrogen) atoms. The molecule has 1 aliphatic heterocycles. The summed E-state index contributed by atoms with van der Waals surface area (Å²) in [5, 5.41) is 0. The standard InChI is InChI=1S/C11H19NO2.C2H6/c1-9(13)14-10-6-11(7-10)4-3-5-12(2)8-11;1-2/h10H,3-8H2,1-2H3;1-2H3. The predicted octanol–water partition coefficient (Wildman–Crippen LogP) is 2.45. The van der Waals surface area contributed by atoms with Crippen LogP contribution in [-0.2, 0) is 9.53 Å². The summed E-state index contributed by atoms with van der Waals surface area (Å²) in [4.78, 5) is 13.1. The Morgan fingerprint density at radius 3 is 2.50 bits per heavy atom. The van der Waals surface area contributed by atoms with Gasteiger partial charge in [-0.3, -0.25) is 4.79 Å². The zero-order valence-electron chi connectivity index (χ0n) is 11.1. The molecular formula is C13H25NO2. The minimum Gasteiger partial charge on any atom is -0.463 e. The Labute approximate surface area is 99.1 Å². The van der Waals surface area contributed by atoms with Crippen molar-refractivity contribution in [1.82, 2.24) is 4.90 Å². The molecule has 94 valence electrons.